The summed E-state index contributed by atoms with van der Waals surface area (Å²) in [5.74, 6) is 1.13. The van der Waals surface area contributed by atoms with E-state index < -0.39 is 0 Å². The van der Waals surface area contributed by atoms with Crippen LogP contribution in [0.4, 0.5) is 5.69 Å². The molecule has 6 nitrogen and oxygen atoms in total. The van der Waals surface area contributed by atoms with Crippen LogP contribution in [-0.2, 0) is 20.6 Å². The van der Waals surface area contributed by atoms with E-state index in [9.17, 15) is 10.2 Å². The molecule has 0 spiro atoms. The first-order valence-corrected chi connectivity index (χ1v) is 12.5. The Morgan fingerprint density at radius 2 is 1.55 bits per heavy atom. The van der Waals surface area contributed by atoms with Gasteiger partial charge in [0.2, 0.25) is 0 Å². The highest BCUT2D eigenvalue weighted by Crippen LogP contribution is 2.17. The van der Waals surface area contributed by atoms with Crippen molar-refractivity contribution in [1.29, 1.82) is 0 Å². The number of nitrogens with zero attached hydrogens (tertiary/aromatic N) is 4. The fourth-order valence-corrected chi connectivity index (χ4v) is 4.73. The Labute approximate surface area is 201 Å². The lowest BCUT2D eigenvalue weighted by Gasteiger charge is -2.22. The molecule has 0 saturated carbocycles. The van der Waals surface area contributed by atoms with Crippen LogP contribution in [0.15, 0.2) is 66.3 Å². The van der Waals surface area contributed by atoms with Gasteiger partial charge in [0.25, 0.3) is 0 Å². The summed E-state index contributed by atoms with van der Waals surface area (Å²) in [5, 5.41) is 19.7. The van der Waals surface area contributed by atoms with Crippen LogP contribution in [0.1, 0.15) is 24.0 Å². The largest absolute Gasteiger partial charge is 0.395 e. The van der Waals surface area contributed by atoms with Gasteiger partial charge in [-0.2, -0.15) is 0 Å². The molecule has 2 N–H and O–H groups in total. The highest BCUT2D eigenvalue weighted by atomic mass is 32.2. The summed E-state index contributed by atoms with van der Waals surface area (Å²) in [6, 6.07) is 12.5. The maximum atomic E-state index is 9.20. The smallest absolute Gasteiger partial charge is 0.317 e. The minimum absolute atomic E-state index is 0.0705. The van der Waals surface area contributed by atoms with Crippen LogP contribution in [0, 0.1) is 0 Å². The molecule has 0 aliphatic heterocycles. The van der Waals surface area contributed by atoms with Gasteiger partial charge in [0.1, 0.15) is 18.9 Å². The van der Waals surface area contributed by atoms with E-state index in [-0.39, 0.29) is 13.2 Å². The van der Waals surface area contributed by atoms with Gasteiger partial charge >= 0.3 is 5.16 Å². The number of hydrogen-bond donors (Lipinski definition) is 2. The lowest BCUT2D eigenvalue weighted by Crippen LogP contribution is -2.32. The number of aliphatic hydroxyl groups is 2. The SMILES string of the molecule is Cn1cc[n+](C)c1SCCCC[n+]1ccc(/C=C/c2ccc(N(CCO)CCO)cc2)cc1. The number of pyridine rings is 1. The molecule has 0 amide bonds. The number of aliphatic hydroxyl groups excluding tert-OH is 2. The minimum Gasteiger partial charge on any atom is -0.395 e. The van der Waals surface area contributed by atoms with Crippen molar-refractivity contribution < 1.29 is 19.3 Å². The van der Waals surface area contributed by atoms with Gasteiger partial charge in [-0.3, -0.25) is 0 Å². The number of anilines is 1. The summed E-state index contributed by atoms with van der Waals surface area (Å²) >= 11 is 1.91. The second-order valence-corrected chi connectivity index (χ2v) is 9.15. The number of rotatable bonds is 13. The Bertz CT molecular complexity index is 975. The number of hydrogen-bond acceptors (Lipinski definition) is 4. The molecule has 1 aromatic carbocycles. The van der Waals surface area contributed by atoms with E-state index in [2.05, 4.69) is 89.0 Å². The Balaban J connectivity index is 1.44. The van der Waals surface area contributed by atoms with Gasteiger partial charge in [0, 0.05) is 43.1 Å². The summed E-state index contributed by atoms with van der Waals surface area (Å²) in [5.41, 5.74) is 3.30. The number of aromatic nitrogens is 3. The number of aryl methyl sites for hydroxylation is 3. The van der Waals surface area contributed by atoms with Gasteiger partial charge in [-0.05, 0) is 41.4 Å². The van der Waals surface area contributed by atoms with Crippen LogP contribution in [-0.4, -0.2) is 46.8 Å². The second-order valence-electron chi connectivity index (χ2n) is 8.09. The van der Waals surface area contributed by atoms with Crippen molar-refractivity contribution in [3.05, 3.63) is 72.3 Å². The zero-order valence-corrected chi connectivity index (χ0v) is 20.5. The van der Waals surface area contributed by atoms with Crippen LogP contribution in [0.3, 0.4) is 0 Å². The molecule has 0 saturated heterocycles. The van der Waals surface area contributed by atoms with Gasteiger partial charge in [-0.15, -0.1) is 0 Å². The molecule has 7 heteroatoms. The standard InChI is InChI=1S/C26H36N4O2S/c1-27-16-17-28(2)26(27)33-22-4-3-13-29-14-11-24(12-15-29)6-5-23-7-9-25(10-8-23)30(18-20-31)19-21-32/h5-12,14-17,31-32H,3-4,13,18-22H2,1-2H3/q+2. The molecule has 2 heterocycles. The summed E-state index contributed by atoms with van der Waals surface area (Å²) in [4.78, 5) is 1.98. The fourth-order valence-electron chi connectivity index (χ4n) is 3.67. The fraction of sp³-hybridized carbons (Fsp3) is 0.385. The molecule has 0 atom stereocenters. The molecule has 0 bridgehead atoms. The van der Waals surface area contributed by atoms with E-state index in [1.807, 2.05) is 28.8 Å². The third-order valence-corrected chi connectivity index (χ3v) is 6.87. The third-order valence-electron chi connectivity index (χ3n) is 5.54. The molecule has 3 rings (SSSR count). The van der Waals surface area contributed by atoms with Crippen LogP contribution in [0.5, 0.6) is 0 Å². The van der Waals surface area contributed by atoms with Crippen molar-refractivity contribution in [3.63, 3.8) is 0 Å². The number of imidazole rings is 1. The first kappa shape index (κ1) is 25.0. The monoisotopic (exact) mass is 468 g/mol. The van der Waals surface area contributed by atoms with E-state index in [1.165, 1.54) is 17.1 Å². The maximum absolute atomic E-state index is 9.20. The minimum atomic E-state index is 0.0705. The first-order chi connectivity index (χ1) is 16.1. The van der Waals surface area contributed by atoms with Gasteiger partial charge in [0.15, 0.2) is 12.4 Å². The van der Waals surface area contributed by atoms with Crippen molar-refractivity contribution in [2.75, 3.05) is 37.0 Å². The Morgan fingerprint density at radius 1 is 0.909 bits per heavy atom. The zero-order chi connectivity index (χ0) is 23.5. The van der Waals surface area contributed by atoms with Crippen molar-refractivity contribution in [1.82, 2.24) is 4.57 Å². The Kier molecular flexibility index (Phi) is 10.00. The van der Waals surface area contributed by atoms with Crippen LogP contribution in [0.25, 0.3) is 12.2 Å². The topological polar surface area (TPSA) is 56.4 Å². The molecule has 3 aromatic rings. The predicted molar refractivity (Wildman–Crippen MR) is 135 cm³/mol. The molecule has 2 aromatic heterocycles. The molecule has 0 unspecified atom stereocenters. The first-order valence-electron chi connectivity index (χ1n) is 11.5. The van der Waals surface area contributed by atoms with Crippen molar-refractivity contribution in [3.8, 4) is 0 Å². The third kappa shape index (κ3) is 7.74. The molecular weight excluding hydrogens is 432 g/mol. The zero-order valence-electron chi connectivity index (χ0n) is 19.7. The summed E-state index contributed by atoms with van der Waals surface area (Å²) in [7, 11) is 4.18. The van der Waals surface area contributed by atoms with Gasteiger partial charge in [-0.1, -0.05) is 24.3 Å². The number of thioether (sulfide) groups is 1. The Hall–Kier alpha value is -2.61. The molecule has 176 valence electrons. The van der Waals surface area contributed by atoms with Crippen molar-refractivity contribution >= 4 is 29.6 Å². The van der Waals surface area contributed by atoms with E-state index in [0.29, 0.717) is 13.1 Å². The lowest BCUT2D eigenvalue weighted by molar-refractivity contribution is -0.709. The molecular formula is C26H36N4O2S+2. The second kappa shape index (κ2) is 13.2. The van der Waals surface area contributed by atoms with Crippen LogP contribution >= 0.6 is 11.8 Å². The van der Waals surface area contributed by atoms with Crippen LogP contribution in [0.2, 0.25) is 0 Å². The van der Waals surface area contributed by atoms with Gasteiger partial charge in [0.05, 0.1) is 27.3 Å². The van der Waals surface area contributed by atoms with E-state index in [0.717, 1.165) is 30.0 Å². The molecule has 0 radical (unpaired) electrons. The molecule has 0 fully saturated rings. The molecule has 33 heavy (non-hydrogen) atoms. The van der Waals surface area contributed by atoms with Gasteiger partial charge < -0.3 is 15.1 Å². The summed E-state index contributed by atoms with van der Waals surface area (Å²) in [6.45, 7) is 2.21. The highest BCUT2D eigenvalue weighted by molar-refractivity contribution is 7.99. The normalized spacial score (nSPS) is 11.4. The van der Waals surface area contributed by atoms with Crippen molar-refractivity contribution in [2.45, 2.75) is 24.5 Å². The van der Waals surface area contributed by atoms with Crippen LogP contribution < -0.4 is 14.0 Å². The maximum Gasteiger partial charge on any atom is 0.317 e. The molecule has 0 aliphatic carbocycles. The van der Waals surface area contributed by atoms with E-state index >= 15 is 0 Å². The van der Waals surface area contributed by atoms with Gasteiger partial charge in [-0.25, -0.2) is 13.7 Å². The summed E-state index contributed by atoms with van der Waals surface area (Å²) in [6.07, 6.45) is 15.1. The van der Waals surface area contributed by atoms with E-state index in [4.69, 9.17) is 0 Å². The quantitative estimate of drug-likeness (QED) is 0.230. The number of benzene rings is 1. The van der Waals surface area contributed by atoms with Crippen molar-refractivity contribution in [2.24, 2.45) is 14.1 Å². The molecule has 0 aliphatic rings. The average molecular weight is 469 g/mol. The number of unbranched alkanes of at least 4 members (excludes halogenated alkanes) is 1. The van der Waals surface area contributed by atoms with E-state index in [1.54, 1.807) is 0 Å². The summed E-state index contributed by atoms with van der Waals surface area (Å²) < 4.78 is 6.59. The predicted octanol–water partition coefficient (Wildman–Crippen LogP) is 2.67. The average Bonchev–Trinajstić information content (AvgIpc) is 3.15. The Morgan fingerprint density at radius 3 is 2.12 bits per heavy atom. The lowest BCUT2D eigenvalue weighted by atomic mass is 10.1. The highest BCUT2D eigenvalue weighted by Gasteiger charge is 2.11.